The molecule has 0 saturated carbocycles. The fourth-order valence-electron chi connectivity index (χ4n) is 3.78. The fraction of sp³-hybridized carbons (Fsp3) is 0.450. The van der Waals surface area contributed by atoms with Gasteiger partial charge in [0.1, 0.15) is 11.6 Å². The maximum Gasteiger partial charge on any atom is 0.308 e. The number of aliphatic carboxylic acids is 1. The lowest BCUT2D eigenvalue weighted by molar-refractivity contribution is -0.141. The van der Waals surface area contributed by atoms with Crippen LogP contribution in [0.4, 0.5) is 0 Å². The van der Waals surface area contributed by atoms with E-state index >= 15 is 0 Å². The second-order valence-electron chi connectivity index (χ2n) is 6.73. The summed E-state index contributed by atoms with van der Waals surface area (Å²) in [5.41, 5.74) is 0.838. The van der Waals surface area contributed by atoms with Crippen molar-refractivity contribution in [2.24, 2.45) is 5.92 Å². The first-order valence-corrected chi connectivity index (χ1v) is 9.18. The standard InChI is InChI=1S/C20H25N3O4/c1-3-18-21-9-11-22(18)10-8-19(24)23-12-15(16(13-23)20(25)26)14-6-4-5-7-17(14)27-2/h4-7,9,11,15-16H,3,8,10,12-13H2,1-2H3,(H,25,26). The van der Waals surface area contributed by atoms with E-state index in [2.05, 4.69) is 4.98 Å². The first-order chi connectivity index (χ1) is 13.0. The molecule has 0 aliphatic carbocycles. The van der Waals surface area contributed by atoms with Crippen LogP contribution in [0.3, 0.4) is 0 Å². The molecular weight excluding hydrogens is 346 g/mol. The van der Waals surface area contributed by atoms with Crippen LogP contribution >= 0.6 is 0 Å². The molecule has 0 bridgehead atoms. The Balaban J connectivity index is 1.72. The van der Waals surface area contributed by atoms with Crippen LogP contribution in [0.15, 0.2) is 36.7 Å². The Kier molecular flexibility index (Phi) is 5.78. The molecular formula is C20H25N3O4. The highest BCUT2D eigenvalue weighted by atomic mass is 16.5. The molecule has 1 fully saturated rings. The highest BCUT2D eigenvalue weighted by Gasteiger charge is 2.41. The molecule has 2 heterocycles. The van der Waals surface area contributed by atoms with E-state index in [1.807, 2.05) is 42.0 Å². The number of carbonyl (C=O) groups is 2. The molecule has 2 atom stereocenters. The van der Waals surface area contributed by atoms with Crippen molar-refractivity contribution in [2.45, 2.75) is 32.2 Å². The SMILES string of the molecule is CCc1nccn1CCC(=O)N1CC(C(=O)O)C(c2ccccc2OC)C1. The summed E-state index contributed by atoms with van der Waals surface area (Å²) in [6.07, 6.45) is 4.74. The predicted octanol–water partition coefficient (Wildman–Crippen LogP) is 2.17. The fourth-order valence-corrected chi connectivity index (χ4v) is 3.78. The van der Waals surface area contributed by atoms with Crippen LogP contribution in [0.5, 0.6) is 5.75 Å². The molecule has 1 amide bonds. The summed E-state index contributed by atoms with van der Waals surface area (Å²) >= 11 is 0. The van der Waals surface area contributed by atoms with E-state index in [0.717, 1.165) is 17.8 Å². The Hall–Kier alpha value is -2.83. The Morgan fingerprint density at radius 3 is 2.78 bits per heavy atom. The Morgan fingerprint density at radius 2 is 2.07 bits per heavy atom. The number of aryl methyl sites for hydroxylation is 2. The van der Waals surface area contributed by atoms with Gasteiger partial charge in [-0.15, -0.1) is 0 Å². The van der Waals surface area contributed by atoms with Crippen LogP contribution in [0, 0.1) is 5.92 Å². The van der Waals surface area contributed by atoms with E-state index < -0.39 is 11.9 Å². The number of para-hydroxylation sites is 1. The van der Waals surface area contributed by atoms with Crippen LogP contribution in [0.2, 0.25) is 0 Å². The molecule has 0 spiro atoms. The van der Waals surface area contributed by atoms with E-state index in [-0.39, 0.29) is 18.4 Å². The van der Waals surface area contributed by atoms with Crippen molar-refractivity contribution >= 4 is 11.9 Å². The molecule has 7 nitrogen and oxygen atoms in total. The van der Waals surface area contributed by atoms with Gasteiger partial charge in [-0.25, -0.2) is 4.98 Å². The molecule has 1 aliphatic rings. The second-order valence-corrected chi connectivity index (χ2v) is 6.73. The van der Waals surface area contributed by atoms with Crippen LogP contribution < -0.4 is 4.74 Å². The van der Waals surface area contributed by atoms with Gasteiger partial charge in [0.25, 0.3) is 0 Å². The zero-order valence-corrected chi connectivity index (χ0v) is 15.7. The van der Waals surface area contributed by atoms with E-state index in [4.69, 9.17) is 4.74 Å². The van der Waals surface area contributed by atoms with Crippen LogP contribution in [0.25, 0.3) is 0 Å². The zero-order chi connectivity index (χ0) is 19.4. The summed E-state index contributed by atoms with van der Waals surface area (Å²) in [6.45, 7) is 3.19. The Morgan fingerprint density at radius 1 is 1.30 bits per heavy atom. The van der Waals surface area contributed by atoms with Gasteiger partial charge in [0.2, 0.25) is 5.91 Å². The minimum absolute atomic E-state index is 0.0330. The lowest BCUT2D eigenvalue weighted by Crippen LogP contribution is -2.30. The highest BCUT2D eigenvalue weighted by Crippen LogP contribution is 2.37. The molecule has 1 aliphatic heterocycles. The van der Waals surface area contributed by atoms with Crippen molar-refractivity contribution in [3.63, 3.8) is 0 Å². The number of ether oxygens (including phenoxy) is 1. The third-order valence-electron chi connectivity index (χ3n) is 5.21. The molecule has 1 aromatic heterocycles. The Bertz CT molecular complexity index is 817. The molecule has 144 valence electrons. The average molecular weight is 371 g/mol. The van der Waals surface area contributed by atoms with Crippen LogP contribution in [-0.4, -0.2) is 51.6 Å². The largest absolute Gasteiger partial charge is 0.496 e. The molecule has 2 unspecified atom stereocenters. The zero-order valence-electron chi connectivity index (χ0n) is 15.7. The van der Waals surface area contributed by atoms with Gasteiger partial charge in [-0.05, 0) is 11.6 Å². The third-order valence-corrected chi connectivity index (χ3v) is 5.21. The molecule has 1 saturated heterocycles. The number of aromatic nitrogens is 2. The van der Waals surface area contributed by atoms with Crippen molar-refractivity contribution < 1.29 is 19.4 Å². The maximum absolute atomic E-state index is 12.7. The summed E-state index contributed by atoms with van der Waals surface area (Å²) in [6, 6.07) is 7.43. The summed E-state index contributed by atoms with van der Waals surface area (Å²) < 4.78 is 7.37. The van der Waals surface area contributed by atoms with Crippen molar-refractivity contribution in [1.82, 2.24) is 14.5 Å². The van der Waals surface area contributed by atoms with Crippen molar-refractivity contribution in [2.75, 3.05) is 20.2 Å². The quantitative estimate of drug-likeness (QED) is 0.806. The number of hydrogen-bond donors (Lipinski definition) is 1. The molecule has 1 N–H and O–H groups in total. The first-order valence-electron chi connectivity index (χ1n) is 9.18. The van der Waals surface area contributed by atoms with Gasteiger partial charge in [0, 0.05) is 50.8 Å². The number of carboxylic acid groups (broad SMARTS) is 1. The summed E-state index contributed by atoms with van der Waals surface area (Å²) in [7, 11) is 1.57. The summed E-state index contributed by atoms with van der Waals surface area (Å²) in [5.74, 6) is -0.223. The number of carboxylic acids is 1. The van der Waals surface area contributed by atoms with Crippen molar-refractivity contribution in [1.29, 1.82) is 0 Å². The summed E-state index contributed by atoms with van der Waals surface area (Å²) in [4.78, 5) is 30.4. The Labute approximate surface area is 158 Å². The maximum atomic E-state index is 12.7. The number of rotatable bonds is 7. The first kappa shape index (κ1) is 18.9. The number of carbonyl (C=O) groups excluding carboxylic acids is 1. The lowest BCUT2D eigenvalue weighted by atomic mass is 9.88. The van der Waals surface area contributed by atoms with E-state index in [1.54, 1.807) is 18.2 Å². The van der Waals surface area contributed by atoms with Crippen LogP contribution in [0.1, 0.15) is 30.7 Å². The molecule has 1 aromatic carbocycles. The number of benzene rings is 1. The molecule has 3 rings (SSSR count). The van der Waals surface area contributed by atoms with Gasteiger partial charge in [0.15, 0.2) is 0 Å². The summed E-state index contributed by atoms with van der Waals surface area (Å²) in [5, 5.41) is 9.67. The van der Waals surface area contributed by atoms with Gasteiger partial charge >= 0.3 is 5.97 Å². The van der Waals surface area contributed by atoms with Gasteiger partial charge in [-0.3, -0.25) is 9.59 Å². The van der Waals surface area contributed by atoms with E-state index in [1.165, 1.54) is 0 Å². The van der Waals surface area contributed by atoms with Gasteiger partial charge in [-0.2, -0.15) is 0 Å². The van der Waals surface area contributed by atoms with Crippen LogP contribution in [-0.2, 0) is 22.6 Å². The number of imidazole rings is 1. The number of hydrogen-bond acceptors (Lipinski definition) is 4. The molecule has 7 heteroatoms. The lowest BCUT2D eigenvalue weighted by Gasteiger charge is -2.18. The number of methoxy groups -OCH3 is 1. The highest BCUT2D eigenvalue weighted by molar-refractivity contribution is 5.79. The smallest absolute Gasteiger partial charge is 0.308 e. The van der Waals surface area contributed by atoms with Gasteiger partial charge in [0.05, 0.1) is 13.0 Å². The monoisotopic (exact) mass is 371 g/mol. The topological polar surface area (TPSA) is 84.7 Å². The van der Waals surface area contributed by atoms with Crippen molar-refractivity contribution in [3.05, 3.63) is 48.0 Å². The van der Waals surface area contributed by atoms with Crippen molar-refractivity contribution in [3.8, 4) is 5.75 Å². The third kappa shape index (κ3) is 3.97. The van der Waals surface area contributed by atoms with E-state index in [9.17, 15) is 14.7 Å². The predicted molar refractivity (Wildman–Crippen MR) is 99.7 cm³/mol. The second kappa shape index (κ2) is 8.24. The van der Waals surface area contributed by atoms with Gasteiger partial charge < -0.3 is 19.3 Å². The molecule has 2 aromatic rings. The number of amides is 1. The van der Waals surface area contributed by atoms with E-state index in [0.29, 0.717) is 25.3 Å². The average Bonchev–Trinajstić information content (AvgIpc) is 3.32. The molecule has 27 heavy (non-hydrogen) atoms. The molecule has 0 radical (unpaired) electrons. The normalized spacial score (nSPS) is 19.3. The minimum Gasteiger partial charge on any atom is -0.496 e. The number of nitrogens with zero attached hydrogens (tertiary/aromatic N) is 3. The van der Waals surface area contributed by atoms with Gasteiger partial charge in [-0.1, -0.05) is 25.1 Å². The number of likely N-dealkylation sites (tertiary alicyclic amines) is 1. The minimum atomic E-state index is -0.885.